The zero-order chi connectivity index (χ0) is 13.1. The summed E-state index contributed by atoms with van der Waals surface area (Å²) in [5.74, 6) is -0.0232. The van der Waals surface area contributed by atoms with Crippen LogP contribution in [-0.4, -0.2) is 16.9 Å². The molecular weight excluding hydrogens is 260 g/mol. The molecule has 0 fully saturated rings. The quantitative estimate of drug-likeness (QED) is 0.933. The second-order valence-electron chi connectivity index (χ2n) is 4.46. The fourth-order valence-electron chi connectivity index (χ4n) is 2.23. The molecule has 1 amide bonds. The number of aromatic nitrogens is 1. The van der Waals surface area contributed by atoms with Crippen LogP contribution in [0.5, 0.6) is 0 Å². The fraction of sp³-hybridized carbons (Fsp3) is 0.286. The second kappa shape index (κ2) is 5.50. The van der Waals surface area contributed by atoms with Gasteiger partial charge in [-0.1, -0.05) is 12.1 Å². The normalized spacial score (nSPS) is 13.9. The van der Waals surface area contributed by atoms with Crippen LogP contribution in [0.3, 0.4) is 0 Å². The van der Waals surface area contributed by atoms with Gasteiger partial charge in [0.05, 0.1) is 13.2 Å². The van der Waals surface area contributed by atoms with Crippen molar-refractivity contribution in [2.45, 2.75) is 19.6 Å². The molecule has 0 atom stereocenters. The van der Waals surface area contributed by atoms with Gasteiger partial charge in [-0.05, 0) is 35.1 Å². The van der Waals surface area contributed by atoms with Gasteiger partial charge in [0.25, 0.3) is 5.91 Å². The van der Waals surface area contributed by atoms with Gasteiger partial charge in [0.15, 0.2) is 0 Å². The van der Waals surface area contributed by atoms with Gasteiger partial charge < -0.3 is 10.1 Å². The van der Waals surface area contributed by atoms with E-state index >= 15 is 0 Å². The van der Waals surface area contributed by atoms with E-state index in [4.69, 9.17) is 4.74 Å². The summed E-state index contributed by atoms with van der Waals surface area (Å²) in [5, 5.41) is 4.88. The Bertz CT molecular complexity index is 581. The van der Waals surface area contributed by atoms with Crippen LogP contribution in [0.2, 0.25) is 0 Å². The summed E-state index contributed by atoms with van der Waals surface area (Å²) in [6.07, 6.45) is 2.58. The van der Waals surface area contributed by atoms with Crippen LogP contribution < -0.4 is 5.32 Å². The average molecular weight is 274 g/mol. The van der Waals surface area contributed by atoms with E-state index < -0.39 is 0 Å². The number of benzene rings is 1. The number of hydrogen-bond acceptors (Lipinski definition) is 4. The van der Waals surface area contributed by atoms with E-state index in [0.717, 1.165) is 28.7 Å². The van der Waals surface area contributed by atoms with E-state index in [1.165, 1.54) is 11.5 Å². The molecule has 2 heterocycles. The zero-order valence-electron chi connectivity index (χ0n) is 10.4. The number of ether oxygens (including phenoxy) is 1. The van der Waals surface area contributed by atoms with Gasteiger partial charge in [0, 0.05) is 29.2 Å². The van der Waals surface area contributed by atoms with Crippen molar-refractivity contribution < 1.29 is 9.53 Å². The largest absolute Gasteiger partial charge is 0.376 e. The first kappa shape index (κ1) is 12.3. The highest BCUT2D eigenvalue weighted by atomic mass is 32.1. The lowest BCUT2D eigenvalue weighted by Crippen LogP contribution is -2.25. The summed E-state index contributed by atoms with van der Waals surface area (Å²) >= 11 is 1.39. The average Bonchev–Trinajstić information content (AvgIpc) is 2.97. The minimum atomic E-state index is -0.0232. The molecule has 0 saturated heterocycles. The van der Waals surface area contributed by atoms with Gasteiger partial charge in [0.2, 0.25) is 0 Å². The molecule has 0 spiro atoms. The predicted octanol–water partition coefficient (Wildman–Crippen LogP) is 2.15. The molecule has 98 valence electrons. The van der Waals surface area contributed by atoms with Crippen molar-refractivity contribution in [1.29, 1.82) is 0 Å². The topological polar surface area (TPSA) is 51.2 Å². The molecule has 19 heavy (non-hydrogen) atoms. The number of nitrogens with one attached hydrogen (secondary N) is 1. The predicted molar refractivity (Wildman–Crippen MR) is 73.1 cm³/mol. The van der Waals surface area contributed by atoms with Crippen LogP contribution in [0, 0.1) is 0 Å². The fourth-order valence-corrected chi connectivity index (χ4v) is 2.76. The number of carbonyl (C=O) groups is 1. The van der Waals surface area contributed by atoms with Gasteiger partial charge in [-0.15, -0.1) is 0 Å². The third-order valence-corrected chi connectivity index (χ3v) is 3.84. The maximum atomic E-state index is 12.2. The smallest absolute Gasteiger partial charge is 0.251 e. The SMILES string of the molecule is O=C(NCc1cnsc1)c1cccc2c1CCOC2. The molecule has 1 N–H and O–H groups in total. The van der Waals surface area contributed by atoms with E-state index in [1.807, 2.05) is 23.6 Å². The standard InChI is InChI=1S/C14H14N2O2S/c17-14(15-6-10-7-16-19-9-10)13-3-1-2-11-8-18-5-4-12(11)13/h1-3,7,9H,4-6,8H2,(H,15,17). The van der Waals surface area contributed by atoms with Crippen LogP contribution in [0.1, 0.15) is 27.0 Å². The van der Waals surface area contributed by atoms with Crippen LogP contribution in [0.15, 0.2) is 29.8 Å². The molecule has 1 aromatic heterocycles. The Morgan fingerprint density at radius 2 is 2.42 bits per heavy atom. The summed E-state index contributed by atoms with van der Waals surface area (Å²) in [5.41, 5.74) is 4.04. The highest BCUT2D eigenvalue weighted by molar-refractivity contribution is 7.03. The van der Waals surface area contributed by atoms with E-state index in [0.29, 0.717) is 19.8 Å². The lowest BCUT2D eigenvalue weighted by Gasteiger charge is -2.19. The first-order chi connectivity index (χ1) is 9.34. The van der Waals surface area contributed by atoms with Crippen molar-refractivity contribution in [1.82, 2.24) is 9.69 Å². The van der Waals surface area contributed by atoms with Crippen molar-refractivity contribution in [3.63, 3.8) is 0 Å². The maximum absolute atomic E-state index is 12.2. The number of amides is 1. The Kier molecular flexibility index (Phi) is 3.57. The highest BCUT2D eigenvalue weighted by Crippen LogP contribution is 2.20. The van der Waals surface area contributed by atoms with Crippen molar-refractivity contribution in [2.75, 3.05) is 6.61 Å². The van der Waals surface area contributed by atoms with Gasteiger partial charge in [0.1, 0.15) is 0 Å². The Morgan fingerprint density at radius 3 is 3.26 bits per heavy atom. The van der Waals surface area contributed by atoms with Crippen LogP contribution in [0.4, 0.5) is 0 Å². The third-order valence-electron chi connectivity index (χ3n) is 3.21. The summed E-state index contributed by atoms with van der Waals surface area (Å²) in [4.78, 5) is 12.2. The van der Waals surface area contributed by atoms with Crippen molar-refractivity contribution in [2.24, 2.45) is 0 Å². The molecule has 1 aliphatic heterocycles. The van der Waals surface area contributed by atoms with Gasteiger partial charge in [-0.25, -0.2) is 4.37 Å². The van der Waals surface area contributed by atoms with E-state index in [-0.39, 0.29) is 5.91 Å². The lowest BCUT2D eigenvalue weighted by atomic mass is 9.97. The number of carbonyl (C=O) groups excluding carboxylic acids is 1. The summed E-state index contributed by atoms with van der Waals surface area (Å²) in [6.45, 7) is 1.81. The molecule has 5 heteroatoms. The summed E-state index contributed by atoms with van der Waals surface area (Å²) in [7, 11) is 0. The van der Waals surface area contributed by atoms with Gasteiger partial charge >= 0.3 is 0 Å². The van der Waals surface area contributed by atoms with Crippen LogP contribution in [0.25, 0.3) is 0 Å². The number of rotatable bonds is 3. The Morgan fingerprint density at radius 1 is 1.47 bits per heavy atom. The first-order valence-electron chi connectivity index (χ1n) is 6.19. The zero-order valence-corrected chi connectivity index (χ0v) is 11.2. The molecular formula is C14H14N2O2S. The molecule has 2 aromatic rings. The summed E-state index contributed by atoms with van der Waals surface area (Å²) in [6, 6.07) is 5.81. The Hall–Kier alpha value is -1.72. The van der Waals surface area contributed by atoms with Crippen LogP contribution in [-0.2, 0) is 24.3 Å². The lowest BCUT2D eigenvalue weighted by molar-refractivity contribution is 0.0939. The molecule has 0 radical (unpaired) electrons. The molecule has 0 bridgehead atoms. The van der Waals surface area contributed by atoms with Crippen LogP contribution >= 0.6 is 11.5 Å². The Labute approximate surface area is 115 Å². The molecule has 3 rings (SSSR count). The second-order valence-corrected chi connectivity index (χ2v) is 5.12. The number of nitrogens with zero attached hydrogens (tertiary/aromatic N) is 1. The monoisotopic (exact) mass is 274 g/mol. The number of fused-ring (bicyclic) bond motifs is 1. The minimum Gasteiger partial charge on any atom is -0.376 e. The third kappa shape index (κ3) is 2.67. The summed E-state index contributed by atoms with van der Waals surface area (Å²) < 4.78 is 9.43. The Balaban J connectivity index is 1.76. The van der Waals surface area contributed by atoms with Gasteiger partial charge in [-0.3, -0.25) is 4.79 Å². The molecule has 0 unspecified atom stereocenters. The van der Waals surface area contributed by atoms with Crippen molar-refractivity contribution >= 4 is 17.4 Å². The highest BCUT2D eigenvalue weighted by Gasteiger charge is 2.17. The molecule has 4 nitrogen and oxygen atoms in total. The van der Waals surface area contributed by atoms with E-state index in [2.05, 4.69) is 9.69 Å². The maximum Gasteiger partial charge on any atom is 0.251 e. The van der Waals surface area contributed by atoms with E-state index in [9.17, 15) is 4.79 Å². The molecule has 1 aromatic carbocycles. The first-order valence-corrected chi connectivity index (χ1v) is 7.03. The van der Waals surface area contributed by atoms with Gasteiger partial charge in [-0.2, -0.15) is 0 Å². The minimum absolute atomic E-state index is 0.0232. The molecule has 0 saturated carbocycles. The van der Waals surface area contributed by atoms with E-state index in [1.54, 1.807) is 6.20 Å². The van der Waals surface area contributed by atoms with Crippen molar-refractivity contribution in [3.05, 3.63) is 52.0 Å². The molecule has 1 aliphatic rings. The number of hydrogen-bond donors (Lipinski definition) is 1. The van der Waals surface area contributed by atoms with Crippen molar-refractivity contribution in [3.8, 4) is 0 Å². The molecule has 0 aliphatic carbocycles.